The zero-order valence-corrected chi connectivity index (χ0v) is 13.5. The van der Waals surface area contributed by atoms with Crippen LogP contribution in [0, 0.1) is 6.92 Å². The minimum absolute atomic E-state index is 0.468. The highest BCUT2D eigenvalue weighted by Crippen LogP contribution is 2.23. The Morgan fingerprint density at radius 2 is 2.09 bits per heavy atom. The van der Waals surface area contributed by atoms with Crippen LogP contribution in [0.1, 0.15) is 25.0 Å². The second-order valence-electron chi connectivity index (χ2n) is 5.91. The van der Waals surface area contributed by atoms with Crippen LogP contribution in [0.2, 0.25) is 0 Å². The van der Waals surface area contributed by atoms with Gasteiger partial charge in [-0.05, 0) is 45.5 Å². The summed E-state index contributed by atoms with van der Waals surface area (Å²) in [6.45, 7) is 3.76. The van der Waals surface area contributed by atoms with Crippen LogP contribution >= 0.6 is 0 Å². The second-order valence-corrected chi connectivity index (χ2v) is 5.91. The first-order valence-electron chi connectivity index (χ1n) is 7.83. The number of hydrogen-bond acceptors (Lipinski definition) is 5. The van der Waals surface area contributed by atoms with Crippen molar-refractivity contribution < 1.29 is 9.47 Å². The molecular formula is C17H23N3O2. The Balaban J connectivity index is 1.78. The van der Waals surface area contributed by atoms with Gasteiger partial charge < -0.3 is 14.4 Å². The van der Waals surface area contributed by atoms with Gasteiger partial charge >= 0.3 is 0 Å². The van der Waals surface area contributed by atoms with Crippen molar-refractivity contribution in [1.29, 1.82) is 0 Å². The molecule has 1 fully saturated rings. The van der Waals surface area contributed by atoms with Crippen LogP contribution in [0.25, 0.3) is 11.0 Å². The fraction of sp³-hybridized carbons (Fsp3) is 0.529. The molecule has 0 N–H and O–H groups in total. The zero-order valence-electron chi connectivity index (χ0n) is 13.5. The Morgan fingerprint density at radius 3 is 2.86 bits per heavy atom. The molecule has 1 aliphatic heterocycles. The smallest absolute Gasteiger partial charge is 0.236 e. The number of aromatic nitrogens is 2. The van der Waals surface area contributed by atoms with E-state index in [1.165, 1.54) is 19.3 Å². The number of hydrogen-bond donors (Lipinski definition) is 0. The molecule has 118 valence electrons. The van der Waals surface area contributed by atoms with E-state index in [4.69, 9.17) is 9.47 Å². The molecule has 0 radical (unpaired) electrons. The number of aryl methyl sites for hydroxylation is 1. The lowest BCUT2D eigenvalue weighted by molar-refractivity contribution is 0.122. The molecule has 22 heavy (non-hydrogen) atoms. The van der Waals surface area contributed by atoms with Crippen molar-refractivity contribution in [1.82, 2.24) is 14.9 Å². The van der Waals surface area contributed by atoms with Crippen LogP contribution in [0.15, 0.2) is 18.2 Å². The predicted octanol–water partition coefficient (Wildman–Crippen LogP) is 2.81. The van der Waals surface area contributed by atoms with Gasteiger partial charge in [0.25, 0.3) is 0 Å². The maximum atomic E-state index is 5.97. The summed E-state index contributed by atoms with van der Waals surface area (Å²) in [5.74, 6) is 1.41. The van der Waals surface area contributed by atoms with Gasteiger partial charge in [0.15, 0.2) is 0 Å². The van der Waals surface area contributed by atoms with Crippen molar-refractivity contribution in [3.8, 4) is 11.6 Å². The quantitative estimate of drug-likeness (QED) is 0.869. The highest BCUT2D eigenvalue weighted by Gasteiger charge is 2.20. The normalized spacial score (nSPS) is 19.3. The van der Waals surface area contributed by atoms with Gasteiger partial charge in [-0.1, -0.05) is 6.42 Å². The van der Waals surface area contributed by atoms with Crippen LogP contribution in [0.3, 0.4) is 0 Å². The van der Waals surface area contributed by atoms with Crippen LogP contribution in [-0.2, 0) is 0 Å². The fourth-order valence-corrected chi connectivity index (χ4v) is 2.90. The number of fused-ring (bicyclic) bond motifs is 1. The average molecular weight is 301 g/mol. The number of methoxy groups -OCH3 is 1. The molecule has 1 aromatic carbocycles. The third kappa shape index (κ3) is 3.14. The summed E-state index contributed by atoms with van der Waals surface area (Å²) in [6, 6.07) is 6.18. The molecule has 2 aromatic rings. The van der Waals surface area contributed by atoms with Crippen molar-refractivity contribution >= 4 is 11.0 Å². The first kappa shape index (κ1) is 15.0. The third-order valence-electron chi connectivity index (χ3n) is 4.34. The van der Waals surface area contributed by atoms with Crippen LogP contribution in [-0.4, -0.2) is 48.2 Å². The summed E-state index contributed by atoms with van der Waals surface area (Å²) >= 11 is 0. The van der Waals surface area contributed by atoms with Gasteiger partial charge in [-0.25, -0.2) is 9.97 Å². The van der Waals surface area contributed by atoms with E-state index in [9.17, 15) is 0 Å². The first-order chi connectivity index (χ1) is 10.7. The maximum Gasteiger partial charge on any atom is 0.236 e. The zero-order chi connectivity index (χ0) is 15.5. The van der Waals surface area contributed by atoms with Crippen molar-refractivity contribution in [2.75, 3.05) is 27.3 Å². The molecule has 0 aliphatic carbocycles. The SMILES string of the molecule is COc1ccc2nc(C)c(OCC3CCCCN3C)nc2c1. The Morgan fingerprint density at radius 1 is 1.23 bits per heavy atom. The predicted molar refractivity (Wildman–Crippen MR) is 86.6 cm³/mol. The van der Waals surface area contributed by atoms with Crippen molar-refractivity contribution in [3.63, 3.8) is 0 Å². The summed E-state index contributed by atoms with van der Waals surface area (Å²) in [4.78, 5) is 11.6. The number of nitrogens with zero attached hydrogens (tertiary/aromatic N) is 3. The monoisotopic (exact) mass is 301 g/mol. The van der Waals surface area contributed by atoms with E-state index >= 15 is 0 Å². The molecule has 0 saturated carbocycles. The number of rotatable bonds is 4. The van der Waals surface area contributed by atoms with E-state index in [-0.39, 0.29) is 0 Å². The van der Waals surface area contributed by atoms with Gasteiger partial charge in [0, 0.05) is 12.1 Å². The lowest BCUT2D eigenvalue weighted by atomic mass is 10.0. The molecule has 1 aliphatic rings. The number of likely N-dealkylation sites (tertiary alicyclic amines) is 1. The number of piperidine rings is 1. The minimum Gasteiger partial charge on any atom is -0.497 e. The molecule has 0 bridgehead atoms. The summed E-state index contributed by atoms with van der Waals surface area (Å²) in [5.41, 5.74) is 2.49. The van der Waals surface area contributed by atoms with Crippen LogP contribution in [0.4, 0.5) is 0 Å². The van der Waals surface area contributed by atoms with E-state index in [0.29, 0.717) is 18.5 Å². The summed E-state index contributed by atoms with van der Waals surface area (Å²) in [7, 11) is 3.82. The van der Waals surface area contributed by atoms with E-state index in [1.54, 1.807) is 7.11 Å². The Kier molecular flexibility index (Phi) is 4.43. The van der Waals surface area contributed by atoms with Gasteiger partial charge in [-0.3, -0.25) is 0 Å². The van der Waals surface area contributed by atoms with Gasteiger partial charge in [0.05, 0.1) is 18.1 Å². The van der Waals surface area contributed by atoms with Crippen LogP contribution < -0.4 is 9.47 Å². The van der Waals surface area contributed by atoms with Crippen molar-refractivity contribution in [2.24, 2.45) is 0 Å². The highest BCUT2D eigenvalue weighted by molar-refractivity contribution is 5.76. The molecule has 5 nitrogen and oxygen atoms in total. The molecule has 2 heterocycles. The first-order valence-corrected chi connectivity index (χ1v) is 7.83. The Bertz CT molecular complexity index is 660. The molecule has 0 spiro atoms. The van der Waals surface area contributed by atoms with Gasteiger partial charge in [-0.2, -0.15) is 0 Å². The van der Waals surface area contributed by atoms with Gasteiger partial charge in [0.1, 0.15) is 18.1 Å². The molecule has 1 atom stereocenters. The molecule has 1 aromatic heterocycles. The molecule has 1 saturated heterocycles. The molecule has 1 unspecified atom stereocenters. The van der Waals surface area contributed by atoms with E-state index in [2.05, 4.69) is 21.9 Å². The Hall–Kier alpha value is -1.88. The molecule has 3 rings (SSSR count). The standard InChI is InChI=1S/C17H23N3O2/c1-12-17(22-11-13-6-4-5-9-20(13)2)19-16-10-14(21-3)7-8-15(16)18-12/h7-8,10,13H,4-6,9,11H2,1-3H3. The molecule has 5 heteroatoms. The number of benzene rings is 1. The lowest BCUT2D eigenvalue weighted by Crippen LogP contribution is -2.40. The Labute approximate surface area is 131 Å². The summed E-state index contributed by atoms with van der Waals surface area (Å²) in [6.07, 6.45) is 3.74. The maximum absolute atomic E-state index is 5.97. The molecule has 0 amide bonds. The summed E-state index contributed by atoms with van der Waals surface area (Å²) < 4.78 is 11.2. The topological polar surface area (TPSA) is 47.5 Å². The largest absolute Gasteiger partial charge is 0.497 e. The summed E-state index contributed by atoms with van der Waals surface area (Å²) in [5, 5.41) is 0. The molecular weight excluding hydrogens is 278 g/mol. The number of ether oxygens (including phenoxy) is 2. The third-order valence-corrected chi connectivity index (χ3v) is 4.34. The van der Waals surface area contributed by atoms with Gasteiger partial charge in [0.2, 0.25) is 5.88 Å². The lowest BCUT2D eigenvalue weighted by Gasteiger charge is -2.32. The van der Waals surface area contributed by atoms with E-state index < -0.39 is 0 Å². The second kappa shape index (κ2) is 6.48. The number of likely N-dealkylation sites (N-methyl/N-ethyl adjacent to an activating group) is 1. The highest BCUT2D eigenvalue weighted by atomic mass is 16.5. The van der Waals surface area contributed by atoms with E-state index in [0.717, 1.165) is 29.0 Å². The van der Waals surface area contributed by atoms with E-state index in [1.807, 2.05) is 25.1 Å². The fourth-order valence-electron chi connectivity index (χ4n) is 2.90. The van der Waals surface area contributed by atoms with Gasteiger partial charge in [-0.15, -0.1) is 0 Å². The van der Waals surface area contributed by atoms with Crippen molar-refractivity contribution in [3.05, 3.63) is 23.9 Å². The van der Waals surface area contributed by atoms with Crippen LogP contribution in [0.5, 0.6) is 11.6 Å². The van der Waals surface area contributed by atoms with Crippen molar-refractivity contribution in [2.45, 2.75) is 32.2 Å². The average Bonchev–Trinajstić information content (AvgIpc) is 2.54. The minimum atomic E-state index is 0.468.